The number of benzene rings is 2. The summed E-state index contributed by atoms with van der Waals surface area (Å²) < 4.78 is 0. The van der Waals surface area contributed by atoms with Crippen LogP contribution < -0.4 is 5.32 Å². The van der Waals surface area contributed by atoms with Crippen LogP contribution in [-0.2, 0) is 11.2 Å². The lowest BCUT2D eigenvalue weighted by Gasteiger charge is -2.14. The number of hydrogen-bond acceptors (Lipinski definition) is 1. The molecule has 0 saturated heterocycles. The Balaban J connectivity index is 1.82. The average Bonchev–Trinajstić information content (AvgIpc) is 2.47. The van der Waals surface area contributed by atoms with Crippen molar-refractivity contribution in [2.75, 3.05) is 0 Å². The number of carbonyl (C=O) groups excluding carboxylic acids is 1. The maximum absolute atomic E-state index is 11.9. The molecule has 0 unspecified atom stereocenters. The number of hydrogen-bond donors (Lipinski definition) is 1. The van der Waals surface area contributed by atoms with Gasteiger partial charge in [0.15, 0.2) is 0 Å². The van der Waals surface area contributed by atoms with E-state index in [1.54, 1.807) is 0 Å². The van der Waals surface area contributed by atoms with Gasteiger partial charge in [-0.15, -0.1) is 0 Å². The zero-order valence-corrected chi connectivity index (χ0v) is 11.2. The molecule has 0 spiro atoms. The predicted molar refractivity (Wildman–Crippen MR) is 77.8 cm³/mol. The van der Waals surface area contributed by atoms with Gasteiger partial charge in [-0.1, -0.05) is 60.7 Å². The largest absolute Gasteiger partial charge is 0.350 e. The lowest BCUT2D eigenvalue weighted by atomic mass is 10.1. The van der Waals surface area contributed by atoms with Crippen molar-refractivity contribution in [1.29, 1.82) is 0 Å². The lowest BCUT2D eigenvalue weighted by molar-refractivity contribution is -0.121. The molecule has 0 saturated carbocycles. The molecule has 1 N–H and O–H groups in total. The van der Waals surface area contributed by atoms with Gasteiger partial charge in [-0.05, 0) is 24.5 Å². The van der Waals surface area contributed by atoms with Crippen molar-refractivity contribution in [3.05, 3.63) is 71.8 Å². The van der Waals surface area contributed by atoms with E-state index in [9.17, 15) is 4.79 Å². The highest BCUT2D eigenvalue weighted by Crippen LogP contribution is 2.11. The fraction of sp³-hybridized carbons (Fsp3) is 0.235. The fourth-order valence-corrected chi connectivity index (χ4v) is 2.04. The van der Waals surface area contributed by atoms with Crippen molar-refractivity contribution in [2.24, 2.45) is 0 Å². The summed E-state index contributed by atoms with van der Waals surface area (Å²) in [6.45, 7) is 2.01. The summed E-state index contributed by atoms with van der Waals surface area (Å²) >= 11 is 0. The summed E-state index contributed by atoms with van der Waals surface area (Å²) in [6.07, 6.45) is 1.31. The first-order valence-electron chi connectivity index (χ1n) is 6.64. The van der Waals surface area contributed by atoms with Gasteiger partial charge in [-0.3, -0.25) is 4.79 Å². The van der Waals surface area contributed by atoms with Crippen molar-refractivity contribution in [2.45, 2.75) is 25.8 Å². The van der Waals surface area contributed by atoms with Crippen LogP contribution in [0, 0.1) is 0 Å². The molecule has 2 heteroatoms. The van der Waals surface area contributed by atoms with Gasteiger partial charge in [-0.25, -0.2) is 0 Å². The summed E-state index contributed by atoms with van der Waals surface area (Å²) in [7, 11) is 0. The first-order valence-corrected chi connectivity index (χ1v) is 6.64. The molecule has 19 heavy (non-hydrogen) atoms. The highest BCUT2D eigenvalue weighted by atomic mass is 16.1. The van der Waals surface area contributed by atoms with Gasteiger partial charge in [0.2, 0.25) is 5.91 Å². The monoisotopic (exact) mass is 253 g/mol. The van der Waals surface area contributed by atoms with Crippen LogP contribution in [0.1, 0.15) is 30.5 Å². The molecule has 0 aliphatic heterocycles. The van der Waals surface area contributed by atoms with Crippen molar-refractivity contribution < 1.29 is 4.79 Å². The van der Waals surface area contributed by atoms with E-state index in [2.05, 4.69) is 5.32 Å². The van der Waals surface area contributed by atoms with Crippen LogP contribution in [0.4, 0.5) is 0 Å². The molecule has 98 valence electrons. The molecular formula is C17H19NO. The minimum Gasteiger partial charge on any atom is -0.350 e. The Bertz CT molecular complexity index is 507. The smallest absolute Gasteiger partial charge is 0.220 e. The zero-order valence-electron chi connectivity index (χ0n) is 11.2. The van der Waals surface area contributed by atoms with E-state index in [-0.39, 0.29) is 11.9 Å². The predicted octanol–water partition coefficient (Wildman–Crippen LogP) is 3.50. The molecule has 2 rings (SSSR count). The van der Waals surface area contributed by atoms with E-state index in [0.717, 1.165) is 12.0 Å². The van der Waals surface area contributed by atoms with Gasteiger partial charge in [0.05, 0.1) is 6.04 Å². The molecule has 0 fully saturated rings. The standard InChI is InChI=1S/C17H19NO/c1-14(16-10-6-3-7-11-16)18-17(19)13-12-15-8-4-2-5-9-15/h2-11,14H,12-13H2,1H3,(H,18,19)/t14-/m0/s1. The minimum atomic E-state index is 0.0597. The van der Waals surface area contributed by atoms with Crippen molar-refractivity contribution >= 4 is 5.91 Å². The third kappa shape index (κ3) is 4.25. The maximum atomic E-state index is 11.9. The Morgan fingerprint density at radius 3 is 2.21 bits per heavy atom. The molecule has 0 aliphatic rings. The Morgan fingerprint density at radius 1 is 1.00 bits per heavy atom. The van der Waals surface area contributed by atoms with Gasteiger partial charge in [0.25, 0.3) is 0 Å². The normalized spacial score (nSPS) is 11.8. The second kappa shape index (κ2) is 6.74. The summed E-state index contributed by atoms with van der Waals surface area (Å²) in [4.78, 5) is 11.9. The van der Waals surface area contributed by atoms with E-state index >= 15 is 0 Å². The molecule has 0 heterocycles. The van der Waals surface area contributed by atoms with Crippen molar-refractivity contribution in [1.82, 2.24) is 5.32 Å². The van der Waals surface area contributed by atoms with E-state index in [0.29, 0.717) is 6.42 Å². The highest BCUT2D eigenvalue weighted by Gasteiger charge is 2.08. The minimum absolute atomic E-state index is 0.0597. The third-order valence-electron chi connectivity index (χ3n) is 3.16. The SMILES string of the molecule is C[C@H](NC(=O)CCc1ccccc1)c1ccccc1. The van der Waals surface area contributed by atoms with E-state index in [4.69, 9.17) is 0 Å². The van der Waals surface area contributed by atoms with Gasteiger partial charge in [0.1, 0.15) is 0 Å². The molecule has 2 aromatic carbocycles. The lowest BCUT2D eigenvalue weighted by Crippen LogP contribution is -2.26. The molecule has 0 radical (unpaired) electrons. The van der Waals surface area contributed by atoms with Gasteiger partial charge in [-0.2, -0.15) is 0 Å². The second-order valence-electron chi connectivity index (χ2n) is 4.69. The molecular weight excluding hydrogens is 234 g/mol. The average molecular weight is 253 g/mol. The summed E-state index contributed by atoms with van der Waals surface area (Å²) in [5.74, 6) is 0.0974. The Morgan fingerprint density at radius 2 is 1.58 bits per heavy atom. The summed E-state index contributed by atoms with van der Waals surface area (Å²) in [5.41, 5.74) is 2.33. The molecule has 0 bridgehead atoms. The van der Waals surface area contributed by atoms with Crippen molar-refractivity contribution in [3.8, 4) is 0 Å². The van der Waals surface area contributed by atoms with Crippen molar-refractivity contribution in [3.63, 3.8) is 0 Å². The van der Waals surface area contributed by atoms with E-state index in [1.807, 2.05) is 67.6 Å². The second-order valence-corrected chi connectivity index (χ2v) is 4.69. The fourth-order valence-electron chi connectivity index (χ4n) is 2.04. The Kier molecular flexibility index (Phi) is 4.73. The highest BCUT2D eigenvalue weighted by molar-refractivity contribution is 5.76. The molecule has 0 aliphatic carbocycles. The van der Waals surface area contributed by atoms with Crippen LogP contribution >= 0.6 is 0 Å². The first kappa shape index (κ1) is 13.3. The zero-order chi connectivity index (χ0) is 13.5. The van der Waals surface area contributed by atoms with Crippen LogP contribution in [-0.4, -0.2) is 5.91 Å². The number of amides is 1. The number of aryl methyl sites for hydroxylation is 1. The topological polar surface area (TPSA) is 29.1 Å². The van der Waals surface area contributed by atoms with Crippen LogP contribution in [0.25, 0.3) is 0 Å². The van der Waals surface area contributed by atoms with Gasteiger partial charge >= 0.3 is 0 Å². The van der Waals surface area contributed by atoms with Gasteiger partial charge < -0.3 is 5.32 Å². The molecule has 0 aromatic heterocycles. The van der Waals surface area contributed by atoms with E-state index < -0.39 is 0 Å². The Hall–Kier alpha value is -2.09. The van der Waals surface area contributed by atoms with Crippen LogP contribution in [0.3, 0.4) is 0 Å². The summed E-state index contributed by atoms with van der Waals surface area (Å²) in [5, 5.41) is 3.03. The van der Waals surface area contributed by atoms with Gasteiger partial charge in [0, 0.05) is 6.42 Å². The van der Waals surface area contributed by atoms with Crippen LogP contribution in [0.5, 0.6) is 0 Å². The van der Waals surface area contributed by atoms with E-state index in [1.165, 1.54) is 5.56 Å². The Labute approximate surface area is 114 Å². The maximum Gasteiger partial charge on any atom is 0.220 e. The summed E-state index contributed by atoms with van der Waals surface area (Å²) in [6, 6.07) is 20.2. The molecule has 1 atom stereocenters. The molecule has 2 aromatic rings. The quantitative estimate of drug-likeness (QED) is 0.868. The number of nitrogens with one attached hydrogen (secondary N) is 1. The van der Waals surface area contributed by atoms with Crippen LogP contribution in [0.15, 0.2) is 60.7 Å². The number of rotatable bonds is 5. The van der Waals surface area contributed by atoms with Crippen LogP contribution in [0.2, 0.25) is 0 Å². The first-order chi connectivity index (χ1) is 9.25. The number of carbonyl (C=O) groups is 1. The molecule has 2 nitrogen and oxygen atoms in total. The third-order valence-corrected chi connectivity index (χ3v) is 3.16. The molecule has 1 amide bonds.